The van der Waals surface area contributed by atoms with Crippen LogP contribution in [0.3, 0.4) is 0 Å². The molecule has 1 aliphatic heterocycles. The van der Waals surface area contributed by atoms with Crippen LogP contribution >= 0.6 is 12.6 Å². The Labute approximate surface area is 113 Å². The summed E-state index contributed by atoms with van der Waals surface area (Å²) < 4.78 is 5.24. The van der Waals surface area contributed by atoms with Crippen LogP contribution in [0.2, 0.25) is 0 Å². The summed E-state index contributed by atoms with van der Waals surface area (Å²) in [5.41, 5.74) is 0.366. The van der Waals surface area contributed by atoms with Gasteiger partial charge < -0.3 is 9.64 Å². The number of piperidine rings is 1. The molecule has 0 aromatic rings. The Bertz CT molecular complexity index is 207. The van der Waals surface area contributed by atoms with Gasteiger partial charge in [0.15, 0.2) is 0 Å². The molecule has 102 valence electrons. The number of hydrogen-bond acceptors (Lipinski definition) is 3. The molecule has 1 heterocycles. The number of methoxy groups -OCH3 is 1. The van der Waals surface area contributed by atoms with Gasteiger partial charge in [0.1, 0.15) is 0 Å². The molecule has 0 saturated carbocycles. The average molecular weight is 259 g/mol. The molecular formula is C14H29NOS. The van der Waals surface area contributed by atoms with Gasteiger partial charge in [0.2, 0.25) is 0 Å². The minimum absolute atomic E-state index is 0.366. The maximum Gasteiger partial charge on any atom is 0.0491 e. The second-order valence-corrected chi connectivity index (χ2v) is 6.81. The fourth-order valence-electron chi connectivity index (χ4n) is 2.49. The summed E-state index contributed by atoms with van der Waals surface area (Å²) in [6.07, 6.45) is 2.58. The lowest BCUT2D eigenvalue weighted by atomic mass is 9.81. The molecule has 1 fully saturated rings. The molecule has 0 amide bonds. The quantitative estimate of drug-likeness (QED) is 0.762. The summed E-state index contributed by atoms with van der Waals surface area (Å²) >= 11 is 4.51. The van der Waals surface area contributed by atoms with Crippen LogP contribution in [-0.4, -0.2) is 44.0 Å². The summed E-state index contributed by atoms with van der Waals surface area (Å²) in [5.74, 6) is 2.45. The van der Waals surface area contributed by atoms with Crippen LogP contribution in [0.25, 0.3) is 0 Å². The van der Waals surface area contributed by atoms with Gasteiger partial charge in [-0.05, 0) is 48.9 Å². The van der Waals surface area contributed by atoms with E-state index in [9.17, 15) is 0 Å². The van der Waals surface area contributed by atoms with Gasteiger partial charge in [-0.2, -0.15) is 12.6 Å². The fourth-order valence-corrected chi connectivity index (χ4v) is 3.15. The van der Waals surface area contributed by atoms with Crippen LogP contribution in [0.4, 0.5) is 0 Å². The van der Waals surface area contributed by atoms with Gasteiger partial charge in [0, 0.05) is 20.3 Å². The minimum Gasteiger partial charge on any atom is -0.384 e. The molecule has 3 heteroatoms. The van der Waals surface area contributed by atoms with Crippen molar-refractivity contribution >= 4 is 12.6 Å². The van der Waals surface area contributed by atoms with Crippen molar-refractivity contribution in [1.29, 1.82) is 0 Å². The van der Waals surface area contributed by atoms with Gasteiger partial charge in [0.25, 0.3) is 0 Å². The summed E-state index contributed by atoms with van der Waals surface area (Å²) in [5, 5.41) is 0. The summed E-state index contributed by atoms with van der Waals surface area (Å²) in [6, 6.07) is 0. The molecule has 0 radical (unpaired) electrons. The normalized spacial score (nSPS) is 21.7. The first-order valence-electron chi connectivity index (χ1n) is 6.79. The highest BCUT2D eigenvalue weighted by Crippen LogP contribution is 2.29. The van der Waals surface area contributed by atoms with E-state index in [0.29, 0.717) is 11.3 Å². The van der Waals surface area contributed by atoms with E-state index < -0.39 is 0 Å². The number of hydrogen-bond donors (Lipinski definition) is 1. The Morgan fingerprint density at radius 3 is 2.29 bits per heavy atom. The minimum atomic E-state index is 0.366. The first-order chi connectivity index (χ1) is 7.97. The van der Waals surface area contributed by atoms with Gasteiger partial charge in [-0.25, -0.2) is 0 Å². The third-order valence-electron chi connectivity index (χ3n) is 4.03. The van der Waals surface area contributed by atoms with E-state index in [1.807, 2.05) is 7.11 Å². The van der Waals surface area contributed by atoms with E-state index in [0.717, 1.165) is 18.3 Å². The topological polar surface area (TPSA) is 12.5 Å². The largest absolute Gasteiger partial charge is 0.384 e. The van der Waals surface area contributed by atoms with Crippen LogP contribution in [0.1, 0.15) is 33.6 Å². The Morgan fingerprint density at radius 1 is 1.29 bits per heavy atom. The Hall–Kier alpha value is 0.270. The molecule has 0 aliphatic carbocycles. The number of likely N-dealkylation sites (tertiary alicyclic amines) is 1. The van der Waals surface area contributed by atoms with Crippen molar-refractivity contribution in [1.82, 2.24) is 4.90 Å². The van der Waals surface area contributed by atoms with E-state index in [1.54, 1.807) is 0 Å². The predicted molar refractivity (Wildman–Crippen MR) is 77.8 cm³/mol. The molecule has 1 atom stereocenters. The van der Waals surface area contributed by atoms with Crippen molar-refractivity contribution < 1.29 is 4.74 Å². The van der Waals surface area contributed by atoms with Crippen molar-refractivity contribution in [3.05, 3.63) is 0 Å². The van der Waals surface area contributed by atoms with E-state index in [4.69, 9.17) is 4.74 Å². The monoisotopic (exact) mass is 259 g/mol. The third-order valence-corrected chi connectivity index (χ3v) is 4.47. The number of ether oxygens (including phenoxy) is 1. The lowest BCUT2D eigenvalue weighted by molar-refractivity contribution is 0.0819. The lowest BCUT2D eigenvalue weighted by Gasteiger charge is -2.38. The fraction of sp³-hybridized carbons (Fsp3) is 1.00. The van der Waals surface area contributed by atoms with Crippen molar-refractivity contribution in [2.45, 2.75) is 33.6 Å². The zero-order valence-electron chi connectivity index (χ0n) is 11.9. The van der Waals surface area contributed by atoms with Crippen LogP contribution in [0, 0.1) is 17.3 Å². The van der Waals surface area contributed by atoms with E-state index in [1.165, 1.54) is 32.5 Å². The zero-order chi connectivity index (χ0) is 12.9. The smallest absolute Gasteiger partial charge is 0.0491 e. The van der Waals surface area contributed by atoms with Crippen LogP contribution in [0.5, 0.6) is 0 Å². The molecule has 0 bridgehead atoms. The molecular weight excluding hydrogens is 230 g/mol. The molecule has 1 aliphatic rings. The van der Waals surface area contributed by atoms with Gasteiger partial charge in [-0.3, -0.25) is 0 Å². The summed E-state index contributed by atoms with van der Waals surface area (Å²) in [4.78, 5) is 2.61. The van der Waals surface area contributed by atoms with Gasteiger partial charge in [-0.1, -0.05) is 20.8 Å². The Balaban J connectivity index is 2.34. The van der Waals surface area contributed by atoms with Crippen LogP contribution in [0.15, 0.2) is 0 Å². The maximum absolute atomic E-state index is 5.24. The highest BCUT2D eigenvalue weighted by Gasteiger charge is 2.27. The molecule has 1 unspecified atom stereocenters. The van der Waals surface area contributed by atoms with E-state index >= 15 is 0 Å². The molecule has 17 heavy (non-hydrogen) atoms. The van der Waals surface area contributed by atoms with Crippen LogP contribution in [-0.2, 0) is 4.74 Å². The summed E-state index contributed by atoms with van der Waals surface area (Å²) in [7, 11) is 1.81. The zero-order valence-corrected chi connectivity index (χ0v) is 12.8. The second kappa shape index (κ2) is 7.01. The van der Waals surface area contributed by atoms with Gasteiger partial charge in [0.05, 0.1) is 0 Å². The Kier molecular flexibility index (Phi) is 6.32. The van der Waals surface area contributed by atoms with Gasteiger partial charge >= 0.3 is 0 Å². The van der Waals surface area contributed by atoms with Crippen molar-refractivity contribution in [2.75, 3.05) is 39.1 Å². The van der Waals surface area contributed by atoms with Crippen molar-refractivity contribution in [3.8, 4) is 0 Å². The first-order valence-corrected chi connectivity index (χ1v) is 7.42. The molecule has 0 N–H and O–H groups in total. The van der Waals surface area contributed by atoms with Gasteiger partial charge in [-0.15, -0.1) is 0 Å². The predicted octanol–water partition coefficient (Wildman–Crippen LogP) is 2.94. The van der Waals surface area contributed by atoms with E-state index in [-0.39, 0.29) is 0 Å². The molecule has 0 aromatic heterocycles. The molecule has 1 saturated heterocycles. The Morgan fingerprint density at radius 2 is 1.88 bits per heavy atom. The summed E-state index contributed by atoms with van der Waals surface area (Å²) in [6.45, 7) is 11.6. The molecule has 1 rings (SSSR count). The van der Waals surface area contributed by atoms with Crippen LogP contribution < -0.4 is 0 Å². The van der Waals surface area contributed by atoms with E-state index in [2.05, 4.69) is 38.3 Å². The number of thiol groups is 1. The SMILES string of the molecule is COCC1CCN(CC(CS)C(C)(C)C)CC1. The second-order valence-electron chi connectivity index (χ2n) is 6.44. The molecule has 0 aromatic carbocycles. The number of nitrogens with zero attached hydrogens (tertiary/aromatic N) is 1. The number of rotatable bonds is 5. The average Bonchev–Trinajstić information content (AvgIpc) is 2.27. The lowest BCUT2D eigenvalue weighted by Crippen LogP contribution is -2.41. The first kappa shape index (κ1) is 15.3. The third kappa shape index (κ3) is 5.19. The molecule has 2 nitrogen and oxygen atoms in total. The molecule has 0 spiro atoms. The highest BCUT2D eigenvalue weighted by molar-refractivity contribution is 7.80. The maximum atomic E-state index is 5.24. The highest BCUT2D eigenvalue weighted by atomic mass is 32.1. The standard InChI is InChI=1S/C14H29NOS/c1-14(2,3)13(11-17)9-15-7-5-12(6-8-15)10-16-4/h12-13,17H,5-11H2,1-4H3. The van der Waals surface area contributed by atoms with Crippen molar-refractivity contribution in [3.63, 3.8) is 0 Å². The van der Waals surface area contributed by atoms with Crippen molar-refractivity contribution in [2.24, 2.45) is 17.3 Å².